The lowest BCUT2D eigenvalue weighted by Gasteiger charge is -2.09. The highest BCUT2D eigenvalue weighted by Crippen LogP contribution is 2.30. The van der Waals surface area contributed by atoms with Crippen LogP contribution < -0.4 is 16.0 Å². The molecule has 3 N–H and O–H groups in total. The number of benzene rings is 1. The predicted molar refractivity (Wildman–Crippen MR) is 114 cm³/mol. The molecule has 0 radical (unpaired) electrons. The first kappa shape index (κ1) is 22.8. The largest absolute Gasteiger partial charge is 0.416 e. The van der Waals surface area contributed by atoms with Gasteiger partial charge in [0.15, 0.2) is 5.82 Å². The van der Waals surface area contributed by atoms with Crippen molar-refractivity contribution in [3.8, 4) is 0 Å². The average molecular weight is 489 g/mol. The van der Waals surface area contributed by atoms with Crippen molar-refractivity contribution < 1.29 is 27.3 Å². The molecule has 4 rings (SSSR count). The molecule has 14 heteroatoms. The van der Waals surface area contributed by atoms with Crippen LogP contribution in [0.2, 0.25) is 0 Å². The fraction of sp³-hybridized carbons (Fsp3) is 0.100. The maximum atomic E-state index is 12.8. The zero-order valence-corrected chi connectivity index (χ0v) is 17.8. The second kappa shape index (κ2) is 9.66. The van der Waals surface area contributed by atoms with Crippen molar-refractivity contribution in [2.45, 2.75) is 12.7 Å². The minimum atomic E-state index is -4.52. The summed E-state index contributed by atoms with van der Waals surface area (Å²) in [5.74, 6) is -0.384. The molecule has 1 aromatic carbocycles. The number of amides is 2. The number of carbonyl (C=O) groups excluding carboxylic acids is 2. The molecule has 0 saturated carbocycles. The Kier molecular flexibility index (Phi) is 6.49. The second-order valence-corrected chi connectivity index (χ2v) is 7.75. The summed E-state index contributed by atoms with van der Waals surface area (Å²) in [5, 5.41) is 12.0. The van der Waals surface area contributed by atoms with E-state index in [9.17, 15) is 22.8 Å². The van der Waals surface area contributed by atoms with Crippen LogP contribution in [0.25, 0.3) is 0 Å². The maximum absolute atomic E-state index is 12.8. The highest BCUT2D eigenvalue weighted by atomic mass is 32.1. The number of nitrogens with one attached hydrogen (secondary N) is 3. The van der Waals surface area contributed by atoms with Crippen molar-refractivity contribution in [2.24, 2.45) is 0 Å². The number of nitrogens with zero attached hydrogens (tertiary/aromatic N) is 4. The van der Waals surface area contributed by atoms with Crippen molar-refractivity contribution in [3.05, 3.63) is 76.3 Å². The van der Waals surface area contributed by atoms with Gasteiger partial charge in [0.2, 0.25) is 0 Å². The normalized spacial score (nSPS) is 11.1. The topological polar surface area (TPSA) is 135 Å². The third-order valence-corrected chi connectivity index (χ3v) is 5.22. The summed E-state index contributed by atoms with van der Waals surface area (Å²) < 4.78 is 43.2. The van der Waals surface area contributed by atoms with E-state index in [1.54, 1.807) is 6.07 Å². The Morgan fingerprint density at radius 1 is 1.03 bits per heavy atom. The average Bonchev–Trinajstić information content (AvgIpc) is 3.49. The molecule has 0 unspecified atom stereocenters. The number of halogens is 3. The van der Waals surface area contributed by atoms with E-state index < -0.39 is 23.6 Å². The van der Waals surface area contributed by atoms with Crippen LogP contribution in [0.5, 0.6) is 0 Å². The molecule has 0 bridgehead atoms. The van der Waals surface area contributed by atoms with Gasteiger partial charge in [-0.1, -0.05) is 11.2 Å². The van der Waals surface area contributed by atoms with Gasteiger partial charge in [-0.25, -0.2) is 15.0 Å². The zero-order valence-electron chi connectivity index (χ0n) is 17.0. The summed E-state index contributed by atoms with van der Waals surface area (Å²) in [5.41, 5.74) is -0.788. The molecule has 0 aliphatic carbocycles. The molecule has 0 atom stereocenters. The Labute approximate surface area is 193 Å². The summed E-state index contributed by atoms with van der Waals surface area (Å²) in [6.07, 6.45) is -0.663. The quantitative estimate of drug-likeness (QED) is 0.356. The fourth-order valence-electron chi connectivity index (χ4n) is 2.67. The number of anilines is 3. The standard InChI is InChI=1S/C20H14F3N7O3S/c21-20(22,23)11-2-1-3-12(6-11)28-19(32)14-8-24-17(34-14)9-25-18(31)13-7-16(27-10-26-13)29-15-4-5-33-30-15/h1-8,10H,9H2,(H,25,31)(H,28,32)(H,26,27,29,30). The summed E-state index contributed by atoms with van der Waals surface area (Å²) in [6.45, 7) is 0.0103. The molecular formula is C20H14F3N7O3S. The number of rotatable bonds is 7. The Morgan fingerprint density at radius 3 is 2.65 bits per heavy atom. The molecule has 0 aliphatic heterocycles. The number of hydrogen-bond donors (Lipinski definition) is 3. The molecule has 10 nitrogen and oxygen atoms in total. The molecule has 3 aromatic heterocycles. The number of hydrogen-bond acceptors (Lipinski definition) is 9. The van der Waals surface area contributed by atoms with Gasteiger partial charge in [-0.2, -0.15) is 13.2 Å². The van der Waals surface area contributed by atoms with E-state index >= 15 is 0 Å². The number of aromatic nitrogens is 4. The van der Waals surface area contributed by atoms with Gasteiger partial charge in [0.1, 0.15) is 34.0 Å². The number of thiazole rings is 1. The molecule has 0 spiro atoms. The van der Waals surface area contributed by atoms with Crippen LogP contribution in [0.1, 0.15) is 30.7 Å². The lowest BCUT2D eigenvalue weighted by molar-refractivity contribution is -0.137. The lowest BCUT2D eigenvalue weighted by atomic mass is 10.2. The van der Waals surface area contributed by atoms with Gasteiger partial charge in [-0.05, 0) is 18.2 Å². The van der Waals surface area contributed by atoms with Gasteiger partial charge in [0.05, 0.1) is 18.3 Å². The van der Waals surface area contributed by atoms with Gasteiger partial charge < -0.3 is 20.5 Å². The summed E-state index contributed by atoms with van der Waals surface area (Å²) in [6, 6.07) is 7.29. The third-order valence-electron chi connectivity index (χ3n) is 4.22. The van der Waals surface area contributed by atoms with E-state index in [1.165, 1.54) is 37.0 Å². The van der Waals surface area contributed by atoms with E-state index in [0.29, 0.717) is 16.6 Å². The van der Waals surface area contributed by atoms with Gasteiger partial charge >= 0.3 is 6.18 Å². The Balaban J connectivity index is 1.34. The molecule has 4 aromatic rings. The van der Waals surface area contributed by atoms with Gasteiger partial charge in [0, 0.05) is 17.8 Å². The van der Waals surface area contributed by atoms with Crippen LogP contribution in [-0.2, 0) is 12.7 Å². The smallest absolute Gasteiger partial charge is 0.363 e. The van der Waals surface area contributed by atoms with Gasteiger partial charge in [-0.15, -0.1) is 11.3 Å². The summed E-state index contributed by atoms with van der Waals surface area (Å²) in [4.78, 5) is 36.9. The Bertz CT molecular complexity index is 1310. The molecule has 0 saturated heterocycles. The first-order valence-corrected chi connectivity index (χ1v) is 10.3. The van der Waals surface area contributed by atoms with Crippen LogP contribution in [0.4, 0.5) is 30.5 Å². The SMILES string of the molecule is O=C(NCc1ncc(C(=O)Nc2cccc(C(F)(F)F)c2)s1)c1cc(Nc2ccon2)ncn1. The molecule has 174 valence electrons. The zero-order chi connectivity index (χ0) is 24.1. The first-order valence-electron chi connectivity index (χ1n) is 9.49. The minimum Gasteiger partial charge on any atom is -0.363 e. The lowest BCUT2D eigenvalue weighted by Crippen LogP contribution is -2.24. The second-order valence-electron chi connectivity index (χ2n) is 6.63. The van der Waals surface area contributed by atoms with E-state index in [4.69, 9.17) is 4.52 Å². The van der Waals surface area contributed by atoms with Crippen LogP contribution in [0.3, 0.4) is 0 Å². The molecule has 0 fully saturated rings. The van der Waals surface area contributed by atoms with E-state index in [-0.39, 0.29) is 22.8 Å². The van der Waals surface area contributed by atoms with Crippen molar-refractivity contribution in [2.75, 3.05) is 10.6 Å². The van der Waals surface area contributed by atoms with Gasteiger partial charge in [0.25, 0.3) is 11.8 Å². The number of carbonyl (C=O) groups is 2. The number of alkyl halides is 3. The van der Waals surface area contributed by atoms with Crippen molar-refractivity contribution in [1.29, 1.82) is 0 Å². The van der Waals surface area contributed by atoms with Crippen LogP contribution in [0.15, 0.2) is 59.7 Å². The van der Waals surface area contributed by atoms with Crippen LogP contribution in [-0.4, -0.2) is 31.9 Å². The Morgan fingerprint density at radius 2 is 1.88 bits per heavy atom. The summed E-state index contributed by atoms with van der Waals surface area (Å²) >= 11 is 0.989. The van der Waals surface area contributed by atoms with Crippen molar-refractivity contribution >= 4 is 40.5 Å². The highest BCUT2D eigenvalue weighted by Gasteiger charge is 2.30. The monoisotopic (exact) mass is 489 g/mol. The minimum absolute atomic E-state index is 0.00173. The Hall–Kier alpha value is -4.33. The van der Waals surface area contributed by atoms with Crippen molar-refractivity contribution in [3.63, 3.8) is 0 Å². The first-order chi connectivity index (χ1) is 16.3. The highest BCUT2D eigenvalue weighted by molar-refractivity contribution is 7.13. The predicted octanol–water partition coefficient (Wildman–Crippen LogP) is 3.87. The molecule has 34 heavy (non-hydrogen) atoms. The summed E-state index contributed by atoms with van der Waals surface area (Å²) in [7, 11) is 0. The fourth-order valence-corrected chi connectivity index (χ4v) is 3.42. The van der Waals surface area contributed by atoms with Crippen LogP contribution in [0, 0.1) is 0 Å². The van der Waals surface area contributed by atoms with Crippen molar-refractivity contribution in [1.82, 2.24) is 25.4 Å². The van der Waals surface area contributed by atoms with E-state index in [0.717, 1.165) is 23.5 Å². The third kappa shape index (κ3) is 5.72. The van der Waals surface area contributed by atoms with Crippen LogP contribution >= 0.6 is 11.3 Å². The molecular weight excluding hydrogens is 475 g/mol. The molecule has 0 aliphatic rings. The molecule has 2 amide bonds. The van der Waals surface area contributed by atoms with E-state index in [2.05, 4.69) is 36.1 Å². The molecule has 3 heterocycles. The van der Waals surface area contributed by atoms with Gasteiger partial charge in [-0.3, -0.25) is 9.59 Å². The van der Waals surface area contributed by atoms with E-state index in [1.807, 2.05) is 0 Å². The maximum Gasteiger partial charge on any atom is 0.416 e.